The number of anilines is 1. The molecule has 8 heteroatoms. The summed E-state index contributed by atoms with van der Waals surface area (Å²) in [6, 6.07) is 0. The summed E-state index contributed by atoms with van der Waals surface area (Å²) in [6.45, 7) is 11.3. The Kier molecular flexibility index (Phi) is 8.82. The molecule has 0 aromatic carbocycles. The molecule has 0 radical (unpaired) electrons. The van der Waals surface area contributed by atoms with Gasteiger partial charge in [-0.15, -0.1) is 0 Å². The summed E-state index contributed by atoms with van der Waals surface area (Å²) in [7, 11) is 0. The molecular weight excluding hydrogens is 346 g/mol. The van der Waals surface area contributed by atoms with Crippen LogP contribution in [0.1, 0.15) is 60.0 Å². The summed E-state index contributed by atoms with van der Waals surface area (Å²) < 4.78 is 13.8. The van der Waals surface area contributed by atoms with Gasteiger partial charge in [-0.1, -0.05) is 27.2 Å². The third-order valence-corrected chi connectivity index (χ3v) is 5.13. The number of rotatable bonds is 8. The van der Waals surface area contributed by atoms with Crippen molar-refractivity contribution >= 4 is 12.0 Å². The van der Waals surface area contributed by atoms with E-state index in [1.54, 1.807) is 0 Å². The molecule has 3 atom stereocenters. The fourth-order valence-electron chi connectivity index (χ4n) is 3.81. The molecule has 0 amide bonds. The van der Waals surface area contributed by atoms with Gasteiger partial charge in [0.1, 0.15) is 5.69 Å². The highest BCUT2D eigenvalue weighted by Crippen LogP contribution is 2.26. The van der Waals surface area contributed by atoms with Crippen molar-refractivity contribution in [3.05, 3.63) is 5.69 Å². The van der Waals surface area contributed by atoms with Crippen molar-refractivity contribution < 1.29 is 16.4 Å². The SMILES string of the molecule is CC.CCCCOC1N=Cc2[nH]n(CCCN3CC4CCC(C3)O4)c2N1.O.[HH]. The summed E-state index contributed by atoms with van der Waals surface area (Å²) in [6.07, 6.45) is 8.44. The minimum atomic E-state index is -0.241. The number of ether oxygens (including phenoxy) is 2. The molecule has 3 aliphatic rings. The van der Waals surface area contributed by atoms with Gasteiger partial charge in [0.15, 0.2) is 5.82 Å². The van der Waals surface area contributed by atoms with Gasteiger partial charge in [0.2, 0.25) is 6.35 Å². The number of aromatic nitrogens is 2. The lowest BCUT2D eigenvalue weighted by Crippen LogP contribution is -2.43. The Hall–Kier alpha value is -1.35. The van der Waals surface area contributed by atoms with Crippen LogP contribution < -0.4 is 5.32 Å². The predicted molar refractivity (Wildman–Crippen MR) is 111 cm³/mol. The number of H-pyrrole nitrogens is 1. The van der Waals surface area contributed by atoms with Gasteiger partial charge >= 0.3 is 0 Å². The number of aliphatic imine (C=N–C) groups is 1. The largest absolute Gasteiger partial charge is 0.412 e. The van der Waals surface area contributed by atoms with Crippen molar-refractivity contribution in [1.29, 1.82) is 0 Å². The molecule has 0 spiro atoms. The van der Waals surface area contributed by atoms with Crippen molar-refractivity contribution in [2.24, 2.45) is 4.99 Å². The second kappa shape index (κ2) is 10.8. The van der Waals surface area contributed by atoms with Gasteiger partial charge in [-0.2, -0.15) is 0 Å². The Bertz CT molecular complexity index is 565. The van der Waals surface area contributed by atoms with E-state index >= 15 is 0 Å². The number of aryl methyl sites for hydroxylation is 1. The zero-order chi connectivity index (χ0) is 18.4. The van der Waals surface area contributed by atoms with Gasteiger partial charge in [0, 0.05) is 27.6 Å². The van der Waals surface area contributed by atoms with Crippen LogP contribution in [-0.4, -0.2) is 71.2 Å². The number of hydrogen-bond donors (Lipinski definition) is 2. The fourth-order valence-corrected chi connectivity index (χ4v) is 3.81. The van der Waals surface area contributed by atoms with Crippen LogP contribution in [0.15, 0.2) is 4.99 Å². The average Bonchev–Trinajstić information content (AvgIpc) is 3.00. The lowest BCUT2D eigenvalue weighted by Gasteiger charge is -2.33. The van der Waals surface area contributed by atoms with E-state index < -0.39 is 0 Å². The molecule has 27 heavy (non-hydrogen) atoms. The van der Waals surface area contributed by atoms with Crippen LogP contribution in [0.5, 0.6) is 0 Å². The second-order valence-corrected chi connectivity index (χ2v) is 7.10. The summed E-state index contributed by atoms with van der Waals surface area (Å²) in [4.78, 5) is 6.93. The van der Waals surface area contributed by atoms with Gasteiger partial charge in [-0.25, -0.2) is 4.99 Å². The van der Waals surface area contributed by atoms with Crippen LogP contribution in [0.25, 0.3) is 0 Å². The maximum Gasteiger partial charge on any atom is 0.226 e. The molecular formula is C19H39N5O3. The topological polar surface area (TPSA) is 98.3 Å². The van der Waals surface area contributed by atoms with Gasteiger partial charge < -0.3 is 20.3 Å². The Labute approximate surface area is 164 Å². The van der Waals surface area contributed by atoms with Crippen molar-refractivity contribution in [2.45, 2.75) is 78.0 Å². The molecule has 0 aliphatic carbocycles. The van der Waals surface area contributed by atoms with Crippen LogP contribution >= 0.6 is 0 Å². The first-order chi connectivity index (χ1) is 12.8. The Morgan fingerprint density at radius 3 is 2.67 bits per heavy atom. The fraction of sp³-hybridized carbons (Fsp3) is 0.842. The molecule has 2 bridgehead atoms. The maximum atomic E-state index is 5.90. The molecule has 0 saturated carbocycles. The smallest absolute Gasteiger partial charge is 0.226 e. The third-order valence-electron chi connectivity index (χ3n) is 5.13. The molecule has 1 aromatic rings. The van der Waals surface area contributed by atoms with E-state index in [4.69, 9.17) is 9.47 Å². The van der Waals surface area contributed by atoms with E-state index in [-0.39, 0.29) is 13.3 Å². The highest BCUT2D eigenvalue weighted by Gasteiger charge is 2.33. The molecule has 2 saturated heterocycles. The Morgan fingerprint density at radius 1 is 1.22 bits per heavy atom. The van der Waals surface area contributed by atoms with Crippen molar-refractivity contribution in [3.63, 3.8) is 0 Å². The minimum Gasteiger partial charge on any atom is -0.412 e. The number of nitrogens with zero attached hydrogens (tertiary/aromatic N) is 3. The van der Waals surface area contributed by atoms with Gasteiger partial charge in [0.25, 0.3) is 0 Å². The quantitative estimate of drug-likeness (QED) is 0.672. The molecule has 4 heterocycles. The number of unbranched alkanes of at least 4 members (excludes halogenated alkanes) is 1. The predicted octanol–water partition coefficient (Wildman–Crippen LogP) is 2.46. The normalized spacial score (nSPS) is 26.0. The summed E-state index contributed by atoms with van der Waals surface area (Å²) >= 11 is 0. The molecule has 158 valence electrons. The first kappa shape index (κ1) is 21.9. The molecule has 3 aliphatic heterocycles. The zero-order valence-corrected chi connectivity index (χ0v) is 17.0. The van der Waals surface area contributed by atoms with Crippen molar-refractivity contribution in [1.82, 2.24) is 14.7 Å². The molecule has 4 rings (SSSR count). The highest BCUT2D eigenvalue weighted by atomic mass is 16.5. The van der Waals surface area contributed by atoms with Crippen LogP contribution in [0.3, 0.4) is 0 Å². The van der Waals surface area contributed by atoms with E-state index in [1.165, 1.54) is 12.8 Å². The molecule has 1 aromatic heterocycles. The number of likely N-dealkylation sites (tertiary alicyclic amines) is 1. The lowest BCUT2D eigenvalue weighted by molar-refractivity contribution is -0.0387. The molecule has 8 nitrogen and oxygen atoms in total. The van der Waals surface area contributed by atoms with Crippen molar-refractivity contribution in [3.8, 4) is 0 Å². The van der Waals surface area contributed by atoms with Crippen LogP contribution in [0.2, 0.25) is 0 Å². The lowest BCUT2D eigenvalue weighted by atomic mass is 10.2. The number of aromatic amines is 1. The Morgan fingerprint density at radius 2 is 1.96 bits per heavy atom. The standard InChI is InChI=1S/C17H29N5O2.C2H6.H2O.H2/c1-2-3-9-23-17-18-10-15-16(19-17)22(20-15)8-4-7-21-11-13-5-6-14(12-21)24-13;1-2;;/h10,13-14,17,19-20H,2-9,11-12H2,1H3;1-2H3;1H2;1H. The van der Waals surface area contributed by atoms with Crippen LogP contribution in [0.4, 0.5) is 5.82 Å². The van der Waals surface area contributed by atoms with E-state index in [1.807, 2.05) is 20.1 Å². The van der Waals surface area contributed by atoms with Crippen molar-refractivity contribution in [2.75, 3.05) is 31.6 Å². The van der Waals surface area contributed by atoms with Gasteiger partial charge in [0.05, 0.1) is 25.0 Å². The zero-order valence-electron chi connectivity index (χ0n) is 17.0. The van der Waals surface area contributed by atoms with Gasteiger partial charge in [-0.05, 0) is 25.7 Å². The summed E-state index contributed by atoms with van der Waals surface area (Å²) in [5, 5.41) is 6.70. The first-order valence-corrected chi connectivity index (χ1v) is 10.4. The van der Waals surface area contributed by atoms with Crippen LogP contribution in [0, 0.1) is 0 Å². The third kappa shape index (κ3) is 5.57. The number of hydrogen-bond acceptors (Lipinski definition) is 5. The monoisotopic (exact) mass is 385 g/mol. The Balaban J connectivity index is 0.000000950. The van der Waals surface area contributed by atoms with Gasteiger partial charge in [-0.3, -0.25) is 14.7 Å². The second-order valence-electron chi connectivity index (χ2n) is 7.10. The number of fused-ring (bicyclic) bond motifs is 3. The molecule has 2 fully saturated rings. The number of morpholine rings is 1. The van der Waals surface area contributed by atoms with E-state index in [0.717, 1.165) is 63.6 Å². The van der Waals surface area contributed by atoms with E-state index in [9.17, 15) is 0 Å². The van der Waals surface area contributed by atoms with Crippen LogP contribution in [-0.2, 0) is 16.0 Å². The van der Waals surface area contributed by atoms with E-state index in [0.29, 0.717) is 12.2 Å². The molecule has 3 unspecified atom stereocenters. The summed E-state index contributed by atoms with van der Waals surface area (Å²) in [5.41, 5.74) is 1.06. The highest BCUT2D eigenvalue weighted by molar-refractivity contribution is 5.86. The summed E-state index contributed by atoms with van der Waals surface area (Å²) in [5.74, 6) is 1.12. The maximum absolute atomic E-state index is 5.90. The number of nitrogens with one attached hydrogen (secondary N) is 2. The molecule has 4 N–H and O–H groups in total. The average molecular weight is 386 g/mol. The van der Waals surface area contributed by atoms with E-state index in [2.05, 4.69) is 31.9 Å². The first-order valence-electron chi connectivity index (χ1n) is 10.4. The minimum absolute atomic E-state index is 0.